The van der Waals surface area contributed by atoms with Crippen molar-refractivity contribution in [2.24, 2.45) is 17.3 Å². The predicted octanol–water partition coefficient (Wildman–Crippen LogP) is 0.942. The van der Waals surface area contributed by atoms with E-state index in [9.17, 15) is 8.42 Å². The Morgan fingerprint density at radius 1 is 1.25 bits per heavy atom. The molecule has 0 radical (unpaired) electrons. The topological polar surface area (TPSA) is 61.4 Å². The third kappa shape index (κ3) is 3.18. The smallest absolute Gasteiger partial charge is 0.279 e. The maximum atomic E-state index is 12.4. The van der Waals surface area contributed by atoms with Gasteiger partial charge in [-0.25, -0.2) is 4.72 Å². The van der Waals surface area contributed by atoms with E-state index in [1.54, 1.807) is 4.31 Å². The lowest BCUT2D eigenvalue weighted by atomic mass is 10.00. The Kier molecular flexibility index (Phi) is 4.10. The quantitative estimate of drug-likeness (QED) is 0.736. The molecule has 2 aliphatic carbocycles. The molecule has 3 aliphatic rings. The van der Waals surface area contributed by atoms with Gasteiger partial charge in [0.1, 0.15) is 0 Å². The molecule has 1 atom stereocenters. The van der Waals surface area contributed by atoms with Crippen LogP contribution < -0.4 is 10.0 Å². The average Bonchev–Trinajstić information content (AvgIpc) is 3.28. The summed E-state index contributed by atoms with van der Waals surface area (Å²) in [7, 11) is -1.35. The average molecular weight is 301 g/mol. The first-order valence-electron chi connectivity index (χ1n) is 7.95. The van der Waals surface area contributed by atoms with E-state index in [-0.39, 0.29) is 0 Å². The molecule has 0 aromatic heterocycles. The van der Waals surface area contributed by atoms with Crippen LogP contribution in [0.3, 0.4) is 0 Å². The van der Waals surface area contributed by atoms with Crippen LogP contribution in [0.2, 0.25) is 0 Å². The van der Waals surface area contributed by atoms with Crippen molar-refractivity contribution < 1.29 is 8.42 Å². The molecular formula is C14H27N3O2S. The van der Waals surface area contributed by atoms with Crippen molar-refractivity contribution in [1.82, 2.24) is 14.3 Å². The van der Waals surface area contributed by atoms with Gasteiger partial charge in [0.15, 0.2) is 0 Å². The third-order valence-electron chi connectivity index (χ3n) is 5.26. The van der Waals surface area contributed by atoms with E-state index in [1.807, 2.05) is 7.05 Å². The van der Waals surface area contributed by atoms with Gasteiger partial charge < -0.3 is 5.32 Å². The largest absolute Gasteiger partial charge is 0.319 e. The zero-order valence-electron chi connectivity index (χ0n) is 12.4. The summed E-state index contributed by atoms with van der Waals surface area (Å²) in [5, 5.41) is 3.16. The van der Waals surface area contributed by atoms with Gasteiger partial charge in [-0.3, -0.25) is 0 Å². The molecule has 6 heteroatoms. The summed E-state index contributed by atoms with van der Waals surface area (Å²) in [5.74, 6) is 1.24. The van der Waals surface area contributed by atoms with E-state index in [0.29, 0.717) is 31.0 Å². The van der Waals surface area contributed by atoms with Gasteiger partial charge in [0, 0.05) is 19.6 Å². The van der Waals surface area contributed by atoms with Gasteiger partial charge in [0.05, 0.1) is 0 Å². The third-order valence-corrected chi connectivity index (χ3v) is 6.78. The molecule has 0 aromatic rings. The number of hydrogen-bond acceptors (Lipinski definition) is 3. The Bertz CT molecular complexity index is 441. The lowest BCUT2D eigenvalue weighted by Crippen LogP contribution is -2.48. The van der Waals surface area contributed by atoms with Crippen LogP contribution in [0.15, 0.2) is 0 Å². The zero-order valence-corrected chi connectivity index (χ0v) is 13.2. The highest BCUT2D eigenvalue weighted by molar-refractivity contribution is 7.87. The van der Waals surface area contributed by atoms with Crippen LogP contribution in [0, 0.1) is 17.3 Å². The fourth-order valence-electron chi connectivity index (χ4n) is 3.61. The molecule has 116 valence electrons. The Labute approximate surface area is 122 Å². The summed E-state index contributed by atoms with van der Waals surface area (Å²) in [6.45, 7) is 2.89. The van der Waals surface area contributed by atoms with E-state index < -0.39 is 10.2 Å². The Morgan fingerprint density at radius 2 is 2.00 bits per heavy atom. The summed E-state index contributed by atoms with van der Waals surface area (Å²) in [6, 6.07) is 0. The van der Waals surface area contributed by atoms with Crippen LogP contribution in [0.25, 0.3) is 0 Å². The molecule has 3 fully saturated rings. The molecule has 20 heavy (non-hydrogen) atoms. The van der Waals surface area contributed by atoms with Crippen molar-refractivity contribution in [2.45, 2.75) is 38.5 Å². The molecule has 1 unspecified atom stereocenters. The van der Waals surface area contributed by atoms with Gasteiger partial charge in [-0.15, -0.1) is 0 Å². The maximum absolute atomic E-state index is 12.4. The number of hydrogen-bond donors (Lipinski definition) is 2. The summed E-state index contributed by atoms with van der Waals surface area (Å²) >= 11 is 0. The predicted molar refractivity (Wildman–Crippen MR) is 79.5 cm³/mol. The lowest BCUT2D eigenvalue weighted by Gasteiger charge is -2.32. The zero-order chi connectivity index (χ0) is 14.2. The summed E-state index contributed by atoms with van der Waals surface area (Å²) < 4.78 is 29.4. The minimum atomic E-state index is -3.28. The van der Waals surface area contributed by atoms with Gasteiger partial charge in [0.2, 0.25) is 0 Å². The molecule has 2 N–H and O–H groups in total. The van der Waals surface area contributed by atoms with E-state index in [4.69, 9.17) is 0 Å². The molecule has 1 aliphatic heterocycles. The Balaban J connectivity index is 1.54. The standard InChI is InChI=1S/C14H27N3O2S/c1-15-9-12-3-2-8-17(10-12)20(18,19)16-11-14(6-7-14)13-4-5-13/h12-13,15-16H,2-11H2,1H3. The monoisotopic (exact) mass is 301 g/mol. The SMILES string of the molecule is CNCC1CCCN(S(=O)(=O)NCC2(C3CC3)CC2)C1. The summed E-state index contributed by atoms with van der Waals surface area (Å²) in [5.41, 5.74) is 0.327. The van der Waals surface area contributed by atoms with Crippen molar-refractivity contribution in [2.75, 3.05) is 33.2 Å². The van der Waals surface area contributed by atoms with E-state index >= 15 is 0 Å². The van der Waals surface area contributed by atoms with Crippen LogP contribution in [-0.4, -0.2) is 45.9 Å². The van der Waals surface area contributed by atoms with E-state index in [1.165, 1.54) is 25.7 Å². The number of rotatable bonds is 7. The van der Waals surface area contributed by atoms with Gasteiger partial charge in [-0.1, -0.05) is 0 Å². The van der Waals surface area contributed by atoms with Gasteiger partial charge in [-0.05, 0) is 69.4 Å². The second-order valence-corrected chi connectivity index (χ2v) is 8.64. The van der Waals surface area contributed by atoms with E-state index in [0.717, 1.165) is 25.3 Å². The van der Waals surface area contributed by atoms with Gasteiger partial charge in [-0.2, -0.15) is 12.7 Å². The van der Waals surface area contributed by atoms with E-state index in [2.05, 4.69) is 10.0 Å². The Morgan fingerprint density at radius 3 is 2.60 bits per heavy atom. The molecule has 0 amide bonds. The van der Waals surface area contributed by atoms with Crippen molar-refractivity contribution >= 4 is 10.2 Å². The minimum absolute atomic E-state index is 0.327. The molecule has 5 nitrogen and oxygen atoms in total. The highest BCUT2D eigenvalue weighted by Gasteiger charge is 2.53. The molecule has 0 bridgehead atoms. The van der Waals surface area contributed by atoms with Crippen molar-refractivity contribution in [3.63, 3.8) is 0 Å². The maximum Gasteiger partial charge on any atom is 0.279 e. The molecular weight excluding hydrogens is 274 g/mol. The fraction of sp³-hybridized carbons (Fsp3) is 1.00. The second-order valence-electron chi connectivity index (χ2n) is 6.89. The van der Waals surface area contributed by atoms with Gasteiger partial charge in [0.25, 0.3) is 10.2 Å². The Hall–Kier alpha value is -0.170. The van der Waals surface area contributed by atoms with Crippen LogP contribution in [0.4, 0.5) is 0 Å². The molecule has 1 saturated heterocycles. The molecule has 2 saturated carbocycles. The normalized spacial score (nSPS) is 30.4. The first kappa shape index (κ1) is 14.8. The first-order valence-corrected chi connectivity index (χ1v) is 9.39. The number of piperidine rings is 1. The first-order chi connectivity index (χ1) is 9.56. The minimum Gasteiger partial charge on any atom is -0.319 e. The lowest BCUT2D eigenvalue weighted by molar-refractivity contribution is 0.259. The fourth-order valence-corrected chi connectivity index (χ4v) is 5.04. The van der Waals surface area contributed by atoms with Crippen LogP contribution in [0.1, 0.15) is 38.5 Å². The van der Waals surface area contributed by atoms with Crippen molar-refractivity contribution in [3.8, 4) is 0 Å². The van der Waals surface area contributed by atoms with Crippen molar-refractivity contribution in [1.29, 1.82) is 0 Å². The summed E-state index contributed by atoms with van der Waals surface area (Å²) in [6.07, 6.45) is 7.12. The molecule has 0 spiro atoms. The molecule has 0 aromatic carbocycles. The number of nitrogens with zero attached hydrogens (tertiary/aromatic N) is 1. The van der Waals surface area contributed by atoms with Crippen LogP contribution in [0.5, 0.6) is 0 Å². The summed E-state index contributed by atoms with van der Waals surface area (Å²) in [4.78, 5) is 0. The molecule has 1 heterocycles. The second kappa shape index (κ2) is 5.55. The van der Waals surface area contributed by atoms with Crippen LogP contribution in [-0.2, 0) is 10.2 Å². The van der Waals surface area contributed by atoms with Gasteiger partial charge >= 0.3 is 0 Å². The highest BCUT2D eigenvalue weighted by Crippen LogP contribution is 2.60. The van der Waals surface area contributed by atoms with Crippen molar-refractivity contribution in [3.05, 3.63) is 0 Å². The number of nitrogens with one attached hydrogen (secondary N) is 2. The van der Waals surface area contributed by atoms with Crippen LogP contribution >= 0.6 is 0 Å². The highest BCUT2D eigenvalue weighted by atomic mass is 32.2. The molecule has 3 rings (SSSR count).